The number of likely N-dealkylation sites (N-methyl/N-ethyl adjacent to an activating group) is 1. The minimum absolute atomic E-state index is 0.149. The molecule has 1 unspecified atom stereocenters. The van der Waals surface area contributed by atoms with Gasteiger partial charge in [-0.15, -0.1) is 0 Å². The molecule has 0 radical (unpaired) electrons. The van der Waals surface area contributed by atoms with E-state index in [1.54, 1.807) is 0 Å². The first-order valence-electron chi connectivity index (χ1n) is 6.80. The zero-order chi connectivity index (χ0) is 15.6. The summed E-state index contributed by atoms with van der Waals surface area (Å²) in [6.07, 6.45) is 1.73. The summed E-state index contributed by atoms with van der Waals surface area (Å²) in [5.74, 6) is 0. The number of nitrogens with zero attached hydrogens (tertiary/aromatic N) is 2. The van der Waals surface area contributed by atoms with E-state index in [1.807, 2.05) is 37.0 Å². The lowest BCUT2D eigenvalue weighted by molar-refractivity contribution is 0.560. The van der Waals surface area contributed by atoms with Gasteiger partial charge in [0.15, 0.2) is 0 Å². The topological polar surface area (TPSA) is 29.9 Å². The predicted octanol–water partition coefficient (Wildman–Crippen LogP) is 4.56. The van der Waals surface area contributed by atoms with Gasteiger partial charge in [-0.2, -0.15) is 5.10 Å². The molecule has 2 rings (SSSR count). The molecule has 0 fully saturated rings. The fourth-order valence-electron chi connectivity index (χ4n) is 2.35. The normalized spacial score (nSPS) is 12.7. The quantitative estimate of drug-likeness (QED) is 0.811. The Labute approximate surface area is 143 Å². The van der Waals surface area contributed by atoms with Gasteiger partial charge in [-0.05, 0) is 47.1 Å². The van der Waals surface area contributed by atoms with Gasteiger partial charge in [0.05, 0.1) is 25.9 Å². The van der Waals surface area contributed by atoms with Gasteiger partial charge in [-0.3, -0.25) is 4.68 Å². The Morgan fingerprint density at radius 1 is 1.33 bits per heavy atom. The maximum atomic E-state index is 6.12. The third-order valence-corrected chi connectivity index (χ3v) is 5.25. The molecule has 1 aromatic carbocycles. The van der Waals surface area contributed by atoms with Crippen molar-refractivity contribution in [3.05, 3.63) is 49.7 Å². The minimum Gasteiger partial charge on any atom is -0.313 e. The number of nitrogens with one attached hydrogen (secondary N) is 1. The molecule has 0 saturated heterocycles. The molecule has 1 heterocycles. The van der Waals surface area contributed by atoms with Crippen molar-refractivity contribution in [2.24, 2.45) is 7.05 Å². The highest BCUT2D eigenvalue weighted by Gasteiger charge is 2.18. The van der Waals surface area contributed by atoms with Gasteiger partial charge in [0.1, 0.15) is 0 Å². The van der Waals surface area contributed by atoms with E-state index in [0.29, 0.717) is 10.0 Å². The third kappa shape index (κ3) is 3.62. The van der Waals surface area contributed by atoms with Gasteiger partial charge < -0.3 is 5.32 Å². The minimum atomic E-state index is 0.149. The number of halogens is 3. The van der Waals surface area contributed by atoms with Crippen molar-refractivity contribution in [2.75, 3.05) is 7.05 Å². The fourth-order valence-corrected chi connectivity index (χ4v) is 3.44. The summed E-state index contributed by atoms with van der Waals surface area (Å²) in [6.45, 7) is 2.10. The van der Waals surface area contributed by atoms with Crippen LogP contribution in [0.15, 0.2) is 22.7 Å². The molecule has 21 heavy (non-hydrogen) atoms. The molecule has 0 spiro atoms. The smallest absolute Gasteiger partial charge is 0.0766 e. The fraction of sp³-hybridized carbons (Fsp3) is 0.400. The van der Waals surface area contributed by atoms with Gasteiger partial charge in [-0.25, -0.2) is 0 Å². The van der Waals surface area contributed by atoms with Crippen molar-refractivity contribution < 1.29 is 0 Å². The van der Waals surface area contributed by atoms with Gasteiger partial charge in [0, 0.05) is 19.5 Å². The molecule has 1 N–H and O–H groups in total. The summed E-state index contributed by atoms with van der Waals surface area (Å²) < 4.78 is 3.03. The Kier molecular flexibility index (Phi) is 5.72. The van der Waals surface area contributed by atoms with Gasteiger partial charge >= 0.3 is 0 Å². The van der Waals surface area contributed by atoms with Crippen LogP contribution in [0.1, 0.15) is 29.9 Å². The largest absolute Gasteiger partial charge is 0.313 e. The van der Waals surface area contributed by atoms with Crippen LogP contribution in [-0.2, 0) is 19.9 Å². The number of aryl methyl sites for hydroxylation is 2. The number of hydrogen-bond acceptors (Lipinski definition) is 2. The van der Waals surface area contributed by atoms with E-state index in [0.717, 1.165) is 34.3 Å². The second-order valence-electron chi connectivity index (χ2n) is 4.90. The first-order valence-corrected chi connectivity index (χ1v) is 8.35. The Hall–Kier alpha value is -0.550. The van der Waals surface area contributed by atoms with Crippen LogP contribution in [0.25, 0.3) is 0 Å². The molecule has 114 valence electrons. The number of aromatic nitrogens is 2. The second-order valence-corrected chi connectivity index (χ2v) is 6.51. The van der Waals surface area contributed by atoms with Gasteiger partial charge in [0.25, 0.3) is 0 Å². The van der Waals surface area contributed by atoms with E-state index < -0.39 is 0 Å². The lowest BCUT2D eigenvalue weighted by Crippen LogP contribution is -2.20. The second kappa shape index (κ2) is 7.14. The van der Waals surface area contributed by atoms with Crippen LogP contribution in [0, 0.1) is 0 Å². The number of benzene rings is 1. The predicted molar refractivity (Wildman–Crippen MR) is 92.3 cm³/mol. The Balaban J connectivity index is 2.31. The van der Waals surface area contributed by atoms with E-state index in [2.05, 4.69) is 33.3 Å². The lowest BCUT2D eigenvalue weighted by atomic mass is 10.0. The Morgan fingerprint density at radius 3 is 2.57 bits per heavy atom. The Morgan fingerprint density at radius 2 is 2.05 bits per heavy atom. The molecule has 0 aliphatic heterocycles. The summed E-state index contributed by atoms with van der Waals surface area (Å²) in [4.78, 5) is 0. The van der Waals surface area contributed by atoms with E-state index in [1.165, 1.54) is 0 Å². The molecule has 0 aliphatic carbocycles. The maximum absolute atomic E-state index is 6.12. The molecule has 0 amide bonds. The summed E-state index contributed by atoms with van der Waals surface area (Å²) in [5.41, 5.74) is 3.35. The highest BCUT2D eigenvalue weighted by Crippen LogP contribution is 2.30. The van der Waals surface area contributed by atoms with Crippen LogP contribution >= 0.6 is 39.1 Å². The highest BCUT2D eigenvalue weighted by atomic mass is 79.9. The molecular formula is C15H18BrCl2N3. The summed E-state index contributed by atoms with van der Waals surface area (Å²) in [5, 5.41) is 9.02. The molecule has 6 heteroatoms. The lowest BCUT2D eigenvalue weighted by Gasteiger charge is -2.18. The van der Waals surface area contributed by atoms with Crippen molar-refractivity contribution in [3.8, 4) is 0 Å². The maximum Gasteiger partial charge on any atom is 0.0766 e. The molecule has 0 aliphatic rings. The molecular weight excluding hydrogens is 373 g/mol. The zero-order valence-electron chi connectivity index (χ0n) is 12.3. The van der Waals surface area contributed by atoms with Crippen LogP contribution in [0.4, 0.5) is 0 Å². The van der Waals surface area contributed by atoms with E-state index in [-0.39, 0.29) is 6.04 Å². The first-order chi connectivity index (χ1) is 9.97. The van der Waals surface area contributed by atoms with E-state index >= 15 is 0 Å². The number of rotatable bonds is 5. The first kappa shape index (κ1) is 16.8. The molecule has 1 aromatic heterocycles. The van der Waals surface area contributed by atoms with E-state index in [4.69, 9.17) is 23.2 Å². The third-order valence-electron chi connectivity index (χ3n) is 3.59. The van der Waals surface area contributed by atoms with E-state index in [9.17, 15) is 0 Å². The summed E-state index contributed by atoms with van der Waals surface area (Å²) >= 11 is 15.8. The molecule has 3 nitrogen and oxygen atoms in total. The van der Waals surface area contributed by atoms with Crippen LogP contribution in [0.5, 0.6) is 0 Å². The van der Waals surface area contributed by atoms with Crippen molar-refractivity contribution >= 4 is 39.1 Å². The van der Waals surface area contributed by atoms with Crippen molar-refractivity contribution in [1.82, 2.24) is 15.1 Å². The van der Waals surface area contributed by atoms with Crippen molar-refractivity contribution in [2.45, 2.75) is 25.8 Å². The Bertz CT molecular complexity index is 640. The van der Waals surface area contributed by atoms with Gasteiger partial charge in [-0.1, -0.05) is 36.2 Å². The zero-order valence-corrected chi connectivity index (χ0v) is 15.3. The van der Waals surface area contributed by atoms with Gasteiger partial charge in [0.2, 0.25) is 0 Å². The molecule has 1 atom stereocenters. The van der Waals surface area contributed by atoms with Crippen LogP contribution in [-0.4, -0.2) is 16.8 Å². The summed E-state index contributed by atoms with van der Waals surface area (Å²) in [7, 11) is 3.92. The average molecular weight is 391 g/mol. The average Bonchev–Trinajstić information content (AvgIpc) is 2.74. The highest BCUT2D eigenvalue weighted by molar-refractivity contribution is 9.10. The van der Waals surface area contributed by atoms with Crippen molar-refractivity contribution in [3.63, 3.8) is 0 Å². The molecule has 2 aromatic rings. The monoisotopic (exact) mass is 389 g/mol. The van der Waals surface area contributed by atoms with Crippen molar-refractivity contribution in [1.29, 1.82) is 0 Å². The molecule has 0 bridgehead atoms. The standard InChI is InChI=1S/C15H18BrCl2N3/c1-4-12-15(16)14(21(3)20-12)8-13(19-2)9-5-6-10(17)11(18)7-9/h5-7,13,19H,4,8H2,1-3H3. The number of hydrogen-bond donors (Lipinski definition) is 1. The van der Waals surface area contributed by atoms with Crippen LogP contribution in [0.3, 0.4) is 0 Å². The van der Waals surface area contributed by atoms with Crippen LogP contribution < -0.4 is 5.32 Å². The summed E-state index contributed by atoms with van der Waals surface area (Å²) in [6, 6.07) is 5.90. The SMILES string of the molecule is CCc1nn(C)c(CC(NC)c2ccc(Cl)c(Cl)c2)c1Br. The molecule has 0 saturated carbocycles. The van der Waals surface area contributed by atoms with Crippen LogP contribution in [0.2, 0.25) is 10.0 Å².